The standard InChI is InChI=1S/C27H32O4/c1-2-9-21(14-15-25(28)29)26-23(18-30-17-20-10-5-3-6-11-20)24-16-27(26,19-31-24)22-12-7-4-8-13-22/h2-13,21,23-24,26H,14-19H2,1H3,(H,28,29)/t21-,23+,24-,26-,27+/m1/s1. The topological polar surface area (TPSA) is 55.8 Å². The number of carboxylic acid groups (broad SMARTS) is 1. The zero-order chi connectivity index (χ0) is 21.7. The lowest BCUT2D eigenvalue weighted by atomic mass is 9.64. The lowest BCUT2D eigenvalue weighted by Crippen LogP contribution is -2.45. The van der Waals surface area contributed by atoms with Crippen molar-refractivity contribution in [2.75, 3.05) is 13.2 Å². The number of carboxylic acids is 1. The maximum absolute atomic E-state index is 11.4. The quantitative estimate of drug-likeness (QED) is 0.535. The number of carbonyl (C=O) groups is 1. The van der Waals surface area contributed by atoms with Gasteiger partial charge in [0.1, 0.15) is 0 Å². The molecule has 1 aliphatic carbocycles. The first-order chi connectivity index (χ1) is 15.1. The molecule has 1 saturated heterocycles. The van der Waals surface area contributed by atoms with Gasteiger partial charge < -0.3 is 14.6 Å². The second-order valence-corrected chi connectivity index (χ2v) is 8.89. The molecule has 164 valence electrons. The Bertz CT molecular complexity index is 879. The number of allylic oxidation sites excluding steroid dienone is 2. The number of fused-ring (bicyclic) bond motifs is 2. The Kier molecular flexibility index (Phi) is 6.89. The molecule has 2 aromatic rings. The molecular weight excluding hydrogens is 388 g/mol. The van der Waals surface area contributed by atoms with Crippen molar-refractivity contribution < 1.29 is 19.4 Å². The summed E-state index contributed by atoms with van der Waals surface area (Å²) in [6.45, 7) is 3.93. The van der Waals surface area contributed by atoms with Gasteiger partial charge in [0.25, 0.3) is 0 Å². The average Bonchev–Trinajstić information content (AvgIpc) is 3.36. The number of hydrogen-bond acceptors (Lipinski definition) is 3. The van der Waals surface area contributed by atoms with Crippen molar-refractivity contribution >= 4 is 5.97 Å². The SMILES string of the molecule is CC=C[C@H](CCC(=O)O)[C@@H]1[C@@H](COCc2ccccc2)[C@H]2C[C@@]1(c1ccccc1)CO2. The van der Waals surface area contributed by atoms with Crippen molar-refractivity contribution in [1.29, 1.82) is 0 Å². The van der Waals surface area contributed by atoms with E-state index in [2.05, 4.69) is 48.6 Å². The summed E-state index contributed by atoms with van der Waals surface area (Å²) in [6.07, 6.45) is 6.23. The third kappa shape index (κ3) is 4.60. The van der Waals surface area contributed by atoms with Gasteiger partial charge in [0.15, 0.2) is 0 Å². The van der Waals surface area contributed by atoms with Crippen LogP contribution in [0.3, 0.4) is 0 Å². The lowest BCUT2D eigenvalue weighted by Gasteiger charge is -2.43. The van der Waals surface area contributed by atoms with Gasteiger partial charge in [0.2, 0.25) is 0 Å². The summed E-state index contributed by atoms with van der Waals surface area (Å²) >= 11 is 0. The smallest absolute Gasteiger partial charge is 0.303 e. The summed E-state index contributed by atoms with van der Waals surface area (Å²) in [7, 11) is 0. The van der Waals surface area contributed by atoms with Crippen LogP contribution in [0.25, 0.3) is 0 Å². The summed E-state index contributed by atoms with van der Waals surface area (Å²) in [5.41, 5.74) is 2.38. The Morgan fingerprint density at radius 1 is 1.19 bits per heavy atom. The van der Waals surface area contributed by atoms with Crippen LogP contribution in [0.5, 0.6) is 0 Å². The molecule has 1 N–H and O–H groups in total. The minimum absolute atomic E-state index is 0.0879. The van der Waals surface area contributed by atoms with Crippen LogP contribution in [0.2, 0.25) is 0 Å². The van der Waals surface area contributed by atoms with E-state index in [4.69, 9.17) is 9.47 Å². The molecule has 1 heterocycles. The van der Waals surface area contributed by atoms with Crippen LogP contribution in [-0.4, -0.2) is 30.4 Å². The van der Waals surface area contributed by atoms with E-state index in [1.165, 1.54) is 5.56 Å². The number of aliphatic carboxylic acids is 1. The maximum Gasteiger partial charge on any atom is 0.303 e. The second kappa shape index (κ2) is 9.80. The predicted octanol–water partition coefficient (Wildman–Crippen LogP) is 5.23. The highest BCUT2D eigenvalue weighted by atomic mass is 16.5. The monoisotopic (exact) mass is 420 g/mol. The Labute approximate surface area is 184 Å². The summed E-state index contributed by atoms with van der Waals surface area (Å²) in [4.78, 5) is 11.4. The largest absolute Gasteiger partial charge is 0.481 e. The van der Waals surface area contributed by atoms with Gasteiger partial charge in [-0.25, -0.2) is 0 Å². The van der Waals surface area contributed by atoms with Crippen LogP contribution in [0, 0.1) is 17.8 Å². The maximum atomic E-state index is 11.4. The minimum Gasteiger partial charge on any atom is -0.481 e. The van der Waals surface area contributed by atoms with Gasteiger partial charge in [-0.1, -0.05) is 72.8 Å². The van der Waals surface area contributed by atoms with E-state index in [-0.39, 0.29) is 29.8 Å². The highest BCUT2D eigenvalue weighted by Crippen LogP contribution is 2.58. The first-order valence-electron chi connectivity index (χ1n) is 11.3. The molecule has 4 nitrogen and oxygen atoms in total. The van der Waals surface area contributed by atoms with Crippen molar-refractivity contribution in [1.82, 2.24) is 0 Å². The molecule has 2 aromatic carbocycles. The first kappa shape index (κ1) is 21.8. The molecule has 4 heteroatoms. The molecule has 1 saturated carbocycles. The van der Waals surface area contributed by atoms with Gasteiger partial charge in [-0.3, -0.25) is 4.79 Å². The Hall–Kier alpha value is -2.43. The van der Waals surface area contributed by atoms with E-state index in [0.717, 1.165) is 12.0 Å². The van der Waals surface area contributed by atoms with Crippen LogP contribution in [0.1, 0.15) is 37.3 Å². The molecule has 0 spiro atoms. The third-order valence-corrected chi connectivity index (χ3v) is 7.06. The minimum atomic E-state index is -0.737. The van der Waals surface area contributed by atoms with Crippen LogP contribution in [0.15, 0.2) is 72.8 Å². The molecule has 31 heavy (non-hydrogen) atoms. The van der Waals surface area contributed by atoms with E-state index < -0.39 is 5.97 Å². The summed E-state index contributed by atoms with van der Waals surface area (Å²) in [5.74, 6) is -0.0206. The molecule has 2 aliphatic rings. The normalized spacial score (nSPS) is 28.2. The van der Waals surface area contributed by atoms with Crippen LogP contribution < -0.4 is 0 Å². The summed E-state index contributed by atoms with van der Waals surface area (Å²) < 4.78 is 12.5. The van der Waals surface area contributed by atoms with Crippen LogP contribution in [0.4, 0.5) is 0 Å². The summed E-state index contributed by atoms with van der Waals surface area (Å²) in [5, 5.41) is 9.35. The number of rotatable bonds is 10. The molecule has 5 atom stereocenters. The Morgan fingerprint density at radius 2 is 1.90 bits per heavy atom. The molecule has 2 bridgehead atoms. The number of hydrogen-bond donors (Lipinski definition) is 1. The van der Waals surface area contributed by atoms with Crippen LogP contribution in [-0.2, 0) is 26.3 Å². The van der Waals surface area contributed by atoms with Gasteiger partial charge in [0.05, 0.1) is 25.9 Å². The van der Waals surface area contributed by atoms with Gasteiger partial charge in [-0.2, -0.15) is 0 Å². The van der Waals surface area contributed by atoms with E-state index in [1.807, 2.05) is 31.2 Å². The Morgan fingerprint density at radius 3 is 2.58 bits per heavy atom. The molecular formula is C27H32O4. The fourth-order valence-corrected chi connectivity index (χ4v) is 5.80. The molecule has 4 rings (SSSR count). The van der Waals surface area contributed by atoms with Crippen molar-refractivity contribution in [3.63, 3.8) is 0 Å². The van der Waals surface area contributed by atoms with Gasteiger partial charge in [-0.05, 0) is 42.7 Å². The predicted molar refractivity (Wildman–Crippen MR) is 121 cm³/mol. The van der Waals surface area contributed by atoms with E-state index in [9.17, 15) is 9.90 Å². The summed E-state index contributed by atoms with van der Waals surface area (Å²) in [6, 6.07) is 20.9. The third-order valence-electron chi connectivity index (χ3n) is 7.06. The highest BCUT2D eigenvalue weighted by molar-refractivity contribution is 5.66. The van der Waals surface area contributed by atoms with E-state index in [1.54, 1.807) is 0 Å². The molecule has 1 aliphatic heterocycles. The molecule has 0 amide bonds. The van der Waals surface area contributed by atoms with Gasteiger partial charge in [-0.15, -0.1) is 0 Å². The van der Waals surface area contributed by atoms with E-state index >= 15 is 0 Å². The fraction of sp³-hybridized carbons (Fsp3) is 0.444. The molecule has 0 radical (unpaired) electrons. The van der Waals surface area contributed by atoms with Crippen molar-refractivity contribution in [3.05, 3.63) is 83.9 Å². The average molecular weight is 421 g/mol. The molecule has 0 aromatic heterocycles. The first-order valence-corrected chi connectivity index (χ1v) is 11.3. The second-order valence-electron chi connectivity index (χ2n) is 8.89. The zero-order valence-corrected chi connectivity index (χ0v) is 18.2. The van der Waals surface area contributed by atoms with Crippen molar-refractivity contribution in [2.45, 2.75) is 44.3 Å². The number of ether oxygens (including phenoxy) is 2. The van der Waals surface area contributed by atoms with Gasteiger partial charge >= 0.3 is 5.97 Å². The lowest BCUT2D eigenvalue weighted by molar-refractivity contribution is -0.137. The number of benzene rings is 2. The zero-order valence-electron chi connectivity index (χ0n) is 18.2. The molecule has 2 fully saturated rings. The fourth-order valence-electron chi connectivity index (χ4n) is 5.80. The molecule has 0 unspecified atom stereocenters. The van der Waals surface area contributed by atoms with Crippen molar-refractivity contribution in [2.24, 2.45) is 17.8 Å². The van der Waals surface area contributed by atoms with Crippen molar-refractivity contribution in [3.8, 4) is 0 Å². The Balaban J connectivity index is 1.60. The highest BCUT2D eigenvalue weighted by Gasteiger charge is 2.61. The van der Waals surface area contributed by atoms with E-state index in [0.29, 0.717) is 32.2 Å². The van der Waals surface area contributed by atoms with Gasteiger partial charge in [0, 0.05) is 17.8 Å². The van der Waals surface area contributed by atoms with Crippen LogP contribution >= 0.6 is 0 Å².